The minimum Gasteiger partial charge on any atom is -0.456 e. The van der Waals surface area contributed by atoms with Crippen molar-refractivity contribution in [3.05, 3.63) is 170 Å². The van der Waals surface area contributed by atoms with Crippen LogP contribution in [0.1, 0.15) is 0 Å². The van der Waals surface area contributed by atoms with E-state index in [1.165, 1.54) is 65.3 Å². The van der Waals surface area contributed by atoms with Crippen LogP contribution in [0.3, 0.4) is 0 Å². The van der Waals surface area contributed by atoms with E-state index in [1.807, 2.05) is 0 Å². The van der Waals surface area contributed by atoms with Gasteiger partial charge in [-0.3, -0.25) is 4.40 Å². The number of rotatable bonds is 2. The molecule has 0 amide bonds. The van der Waals surface area contributed by atoms with Gasteiger partial charge in [-0.2, -0.15) is 0 Å². The third-order valence-electron chi connectivity index (χ3n) is 11.1. The van der Waals surface area contributed by atoms with Crippen molar-refractivity contribution < 1.29 is 4.42 Å². The summed E-state index contributed by atoms with van der Waals surface area (Å²) < 4.78 is 8.74. The van der Waals surface area contributed by atoms with Gasteiger partial charge < -0.3 is 4.42 Å². The highest BCUT2D eigenvalue weighted by atomic mass is 16.3. The number of furan rings is 1. The standard InChI is InChI=1S/C49H28N2O/c1-2-12-30-28-46-41(25-29(30)11-1)40-27-32(22-24-45(40)52-46)48-36-16-6-4-14-34(36)47(35-15-5-7-17-37(35)48)31-21-23-43-39(26-31)33-13-3-8-18-38(33)49-50-42-19-9-10-20-44(42)51(43)49/h1-28H. The first kappa shape index (κ1) is 27.8. The molecule has 12 aromatic rings. The zero-order valence-electron chi connectivity index (χ0n) is 28.0. The van der Waals surface area contributed by atoms with Crippen LogP contribution in [0.5, 0.6) is 0 Å². The van der Waals surface area contributed by atoms with Crippen LogP contribution in [-0.4, -0.2) is 9.38 Å². The summed E-state index contributed by atoms with van der Waals surface area (Å²) in [6.45, 7) is 0. The first-order valence-electron chi connectivity index (χ1n) is 17.8. The molecule has 0 saturated heterocycles. The van der Waals surface area contributed by atoms with Crippen molar-refractivity contribution in [3.63, 3.8) is 0 Å². The van der Waals surface area contributed by atoms with Gasteiger partial charge in [0.25, 0.3) is 0 Å². The molecule has 3 heteroatoms. The van der Waals surface area contributed by atoms with E-state index < -0.39 is 0 Å². The lowest BCUT2D eigenvalue weighted by Gasteiger charge is -2.18. The molecule has 0 atom stereocenters. The number of hydrogen-bond donors (Lipinski definition) is 0. The topological polar surface area (TPSA) is 30.4 Å². The maximum Gasteiger partial charge on any atom is 0.146 e. The molecule has 0 radical (unpaired) electrons. The largest absolute Gasteiger partial charge is 0.456 e. The molecule has 0 saturated carbocycles. The van der Waals surface area contributed by atoms with Gasteiger partial charge in [-0.05, 0) is 108 Å². The van der Waals surface area contributed by atoms with E-state index in [9.17, 15) is 0 Å². The number of benzene rings is 9. The van der Waals surface area contributed by atoms with Gasteiger partial charge in [0.2, 0.25) is 0 Å². The van der Waals surface area contributed by atoms with Crippen LogP contribution in [0.2, 0.25) is 0 Å². The van der Waals surface area contributed by atoms with Gasteiger partial charge in [0.1, 0.15) is 16.8 Å². The van der Waals surface area contributed by atoms with E-state index in [2.05, 4.69) is 174 Å². The molecule has 0 unspecified atom stereocenters. The maximum absolute atomic E-state index is 6.41. The molecular formula is C49H28N2O. The van der Waals surface area contributed by atoms with Crippen LogP contribution in [0, 0.1) is 0 Å². The third-order valence-corrected chi connectivity index (χ3v) is 11.1. The Kier molecular flexibility index (Phi) is 5.50. The van der Waals surface area contributed by atoms with Gasteiger partial charge >= 0.3 is 0 Å². The molecule has 0 aliphatic heterocycles. The summed E-state index contributed by atoms with van der Waals surface area (Å²) in [5.74, 6) is 0. The molecular weight excluding hydrogens is 633 g/mol. The Balaban J connectivity index is 1.15. The highest BCUT2D eigenvalue weighted by molar-refractivity contribution is 6.23. The normalized spacial score (nSPS) is 12.2. The van der Waals surface area contributed by atoms with E-state index in [4.69, 9.17) is 9.40 Å². The molecule has 0 spiro atoms. The van der Waals surface area contributed by atoms with Crippen LogP contribution in [0.25, 0.3) is 115 Å². The monoisotopic (exact) mass is 660 g/mol. The quantitative estimate of drug-likeness (QED) is 0.136. The molecule has 9 aromatic carbocycles. The summed E-state index contributed by atoms with van der Waals surface area (Å²) in [5, 5.41) is 13.2. The molecule has 3 nitrogen and oxygen atoms in total. The lowest BCUT2D eigenvalue weighted by molar-refractivity contribution is 0.669. The average molecular weight is 661 g/mol. The Labute approximate surface area is 297 Å². The van der Waals surface area contributed by atoms with E-state index >= 15 is 0 Å². The second kappa shape index (κ2) is 10.3. The summed E-state index contributed by atoms with van der Waals surface area (Å²) >= 11 is 0. The molecule has 0 fully saturated rings. The third kappa shape index (κ3) is 3.77. The van der Waals surface area contributed by atoms with Crippen LogP contribution in [0.4, 0.5) is 0 Å². The van der Waals surface area contributed by atoms with Crippen LogP contribution in [-0.2, 0) is 0 Å². The molecule has 3 aromatic heterocycles. The number of aromatic nitrogens is 2. The van der Waals surface area contributed by atoms with Gasteiger partial charge in [0.15, 0.2) is 0 Å². The summed E-state index contributed by atoms with van der Waals surface area (Å²) in [6.07, 6.45) is 0. The van der Waals surface area contributed by atoms with Crippen molar-refractivity contribution in [2.45, 2.75) is 0 Å². The number of imidazole rings is 1. The number of fused-ring (bicyclic) bond motifs is 14. The number of hydrogen-bond acceptors (Lipinski definition) is 2. The van der Waals surface area contributed by atoms with Gasteiger partial charge in [0, 0.05) is 21.5 Å². The Morgan fingerprint density at radius 2 is 0.904 bits per heavy atom. The molecule has 3 heterocycles. The maximum atomic E-state index is 6.41. The van der Waals surface area contributed by atoms with Gasteiger partial charge in [0.05, 0.1) is 16.6 Å². The van der Waals surface area contributed by atoms with Gasteiger partial charge in [-0.15, -0.1) is 0 Å². The van der Waals surface area contributed by atoms with Crippen LogP contribution >= 0.6 is 0 Å². The first-order chi connectivity index (χ1) is 25.8. The van der Waals surface area contributed by atoms with Gasteiger partial charge in [-0.25, -0.2) is 4.98 Å². The summed E-state index contributed by atoms with van der Waals surface area (Å²) in [4.78, 5) is 5.10. The zero-order chi connectivity index (χ0) is 33.9. The molecule has 0 aliphatic carbocycles. The van der Waals surface area contributed by atoms with Gasteiger partial charge in [-0.1, -0.05) is 121 Å². The second-order valence-electron chi connectivity index (χ2n) is 13.9. The van der Waals surface area contributed by atoms with E-state index in [1.54, 1.807) is 0 Å². The Morgan fingerprint density at radius 3 is 1.62 bits per heavy atom. The minimum atomic E-state index is 0.905. The predicted octanol–water partition coefficient (Wildman–Crippen LogP) is 13.5. The highest BCUT2D eigenvalue weighted by Crippen LogP contribution is 2.46. The Hall–Kier alpha value is -6.97. The second-order valence-corrected chi connectivity index (χ2v) is 13.9. The molecule has 0 N–H and O–H groups in total. The minimum absolute atomic E-state index is 0.905. The molecule has 0 aliphatic rings. The Bertz CT molecular complexity index is 3420. The lowest BCUT2D eigenvalue weighted by Crippen LogP contribution is -1.94. The first-order valence-corrected chi connectivity index (χ1v) is 17.8. The van der Waals surface area contributed by atoms with Crippen molar-refractivity contribution in [1.29, 1.82) is 0 Å². The molecule has 12 rings (SSSR count). The Morgan fingerprint density at radius 1 is 0.365 bits per heavy atom. The summed E-state index contributed by atoms with van der Waals surface area (Å²) in [7, 11) is 0. The fraction of sp³-hybridized carbons (Fsp3) is 0. The molecule has 240 valence electrons. The molecule has 0 bridgehead atoms. The smallest absolute Gasteiger partial charge is 0.146 e. The lowest BCUT2D eigenvalue weighted by atomic mass is 9.85. The van der Waals surface area contributed by atoms with Crippen LogP contribution in [0.15, 0.2) is 174 Å². The van der Waals surface area contributed by atoms with Crippen molar-refractivity contribution in [2.24, 2.45) is 0 Å². The SMILES string of the molecule is c1ccc2cc3c(cc2c1)oc1ccc(-c2c4ccccc4c(-c4ccc5c(c4)c4ccccc4c4nc6ccccc6n54)c4ccccc24)cc13. The number of para-hydroxylation sites is 2. The highest BCUT2D eigenvalue weighted by Gasteiger charge is 2.20. The van der Waals surface area contributed by atoms with E-state index in [-0.39, 0.29) is 0 Å². The fourth-order valence-corrected chi connectivity index (χ4v) is 8.83. The van der Waals surface area contributed by atoms with Crippen LogP contribution < -0.4 is 0 Å². The predicted molar refractivity (Wildman–Crippen MR) is 218 cm³/mol. The zero-order valence-corrected chi connectivity index (χ0v) is 28.0. The van der Waals surface area contributed by atoms with Crippen molar-refractivity contribution >= 4 is 92.6 Å². The van der Waals surface area contributed by atoms with Crippen molar-refractivity contribution in [2.75, 3.05) is 0 Å². The number of nitrogens with zero attached hydrogens (tertiary/aromatic N) is 2. The summed E-state index contributed by atoms with van der Waals surface area (Å²) in [6, 6.07) is 61.5. The van der Waals surface area contributed by atoms with Crippen molar-refractivity contribution in [3.8, 4) is 22.3 Å². The number of pyridine rings is 1. The summed E-state index contributed by atoms with van der Waals surface area (Å²) in [5.41, 5.74) is 11.0. The average Bonchev–Trinajstić information content (AvgIpc) is 3.77. The fourth-order valence-electron chi connectivity index (χ4n) is 8.83. The molecule has 52 heavy (non-hydrogen) atoms. The van der Waals surface area contributed by atoms with Crippen molar-refractivity contribution in [1.82, 2.24) is 9.38 Å². The van der Waals surface area contributed by atoms with E-state index in [0.29, 0.717) is 0 Å². The van der Waals surface area contributed by atoms with E-state index in [0.717, 1.165) is 49.5 Å².